The van der Waals surface area contributed by atoms with Crippen LogP contribution in [0.15, 0.2) is 30.5 Å². The largest absolute Gasteiger partial charge is 0.361 e. The number of thiazole rings is 1. The second-order valence-corrected chi connectivity index (χ2v) is 6.10. The summed E-state index contributed by atoms with van der Waals surface area (Å²) in [5.74, 6) is -0.112. The van der Waals surface area contributed by atoms with Gasteiger partial charge in [0.15, 0.2) is 5.13 Å². The van der Waals surface area contributed by atoms with Crippen molar-refractivity contribution in [1.82, 2.24) is 15.3 Å². The number of hydrogen-bond acceptors (Lipinski definition) is 4. The lowest BCUT2D eigenvalue weighted by atomic mass is 10.1. The Hall–Kier alpha value is -2.18. The van der Waals surface area contributed by atoms with E-state index in [1.807, 2.05) is 30.5 Å². The number of rotatable bonds is 2. The smallest absolute Gasteiger partial charge is 0.258 e. The Kier molecular flexibility index (Phi) is 2.98. The van der Waals surface area contributed by atoms with Crippen molar-refractivity contribution in [2.24, 2.45) is 0 Å². The molecular weight excluding hydrogens is 284 g/mol. The van der Waals surface area contributed by atoms with E-state index in [0.717, 1.165) is 36.1 Å². The quantitative estimate of drug-likeness (QED) is 0.681. The summed E-state index contributed by atoms with van der Waals surface area (Å²) in [4.78, 5) is 21.3. The number of amides is 1. The van der Waals surface area contributed by atoms with E-state index >= 15 is 0 Å². The molecule has 5 nitrogen and oxygen atoms in total. The van der Waals surface area contributed by atoms with Crippen LogP contribution in [0.5, 0.6) is 0 Å². The van der Waals surface area contributed by atoms with Crippen molar-refractivity contribution in [2.45, 2.75) is 13.0 Å². The van der Waals surface area contributed by atoms with Crippen molar-refractivity contribution < 1.29 is 4.79 Å². The standard InChI is InChI=1S/C15H14N4OS/c20-14(10-2-1-3-11-9(10)4-7-17-11)19-15-18-12-5-6-16-8-13(12)21-15/h1-4,7,16-17H,5-6,8H2,(H,18,19,20). The molecule has 3 N–H and O–H groups in total. The molecule has 106 valence electrons. The minimum absolute atomic E-state index is 0.112. The van der Waals surface area contributed by atoms with Crippen molar-refractivity contribution in [3.05, 3.63) is 46.6 Å². The van der Waals surface area contributed by atoms with Crippen molar-refractivity contribution in [1.29, 1.82) is 0 Å². The Morgan fingerprint density at radius 2 is 2.29 bits per heavy atom. The average molecular weight is 298 g/mol. The van der Waals surface area contributed by atoms with Gasteiger partial charge in [-0.15, -0.1) is 11.3 Å². The number of aromatic amines is 1. The van der Waals surface area contributed by atoms with Gasteiger partial charge in [0.1, 0.15) is 0 Å². The summed E-state index contributed by atoms with van der Waals surface area (Å²) < 4.78 is 0. The number of carbonyl (C=O) groups excluding carboxylic acids is 1. The predicted octanol–water partition coefficient (Wildman–Crippen LogP) is 2.52. The SMILES string of the molecule is O=C(Nc1nc2c(s1)CNCC2)c1cccc2[nH]ccc12. The zero-order valence-electron chi connectivity index (χ0n) is 11.3. The molecule has 0 atom stereocenters. The Bertz CT molecular complexity index is 797. The fourth-order valence-electron chi connectivity index (χ4n) is 2.63. The maximum Gasteiger partial charge on any atom is 0.258 e. The topological polar surface area (TPSA) is 69.8 Å². The molecule has 0 fully saturated rings. The lowest BCUT2D eigenvalue weighted by molar-refractivity contribution is 0.102. The number of fused-ring (bicyclic) bond motifs is 2. The Balaban J connectivity index is 1.63. The van der Waals surface area contributed by atoms with Crippen LogP contribution < -0.4 is 10.6 Å². The molecule has 1 amide bonds. The summed E-state index contributed by atoms with van der Waals surface area (Å²) in [5.41, 5.74) is 2.74. The average Bonchev–Trinajstić information content (AvgIpc) is 3.12. The second-order valence-electron chi connectivity index (χ2n) is 5.01. The summed E-state index contributed by atoms with van der Waals surface area (Å²) in [6.45, 7) is 1.79. The second kappa shape index (κ2) is 4.98. The fraction of sp³-hybridized carbons (Fsp3) is 0.200. The maximum atomic E-state index is 12.5. The van der Waals surface area contributed by atoms with Gasteiger partial charge in [0.25, 0.3) is 5.91 Å². The molecule has 6 heteroatoms. The molecule has 0 spiro atoms. The third kappa shape index (κ3) is 2.22. The highest BCUT2D eigenvalue weighted by Crippen LogP contribution is 2.26. The number of nitrogens with one attached hydrogen (secondary N) is 3. The van der Waals surface area contributed by atoms with E-state index < -0.39 is 0 Å². The van der Waals surface area contributed by atoms with Crippen LogP contribution in [-0.2, 0) is 13.0 Å². The van der Waals surface area contributed by atoms with Gasteiger partial charge in [0.05, 0.1) is 5.69 Å². The molecule has 0 saturated heterocycles. The highest BCUT2D eigenvalue weighted by molar-refractivity contribution is 7.15. The summed E-state index contributed by atoms with van der Waals surface area (Å²) in [6.07, 6.45) is 2.77. The summed E-state index contributed by atoms with van der Waals surface area (Å²) in [6, 6.07) is 7.59. The number of nitrogens with zero attached hydrogens (tertiary/aromatic N) is 1. The van der Waals surface area contributed by atoms with Gasteiger partial charge in [-0.1, -0.05) is 6.07 Å². The Morgan fingerprint density at radius 1 is 1.33 bits per heavy atom. The molecule has 1 aromatic carbocycles. The molecule has 3 aromatic rings. The van der Waals surface area contributed by atoms with E-state index in [4.69, 9.17) is 0 Å². The van der Waals surface area contributed by atoms with Gasteiger partial charge in [-0.2, -0.15) is 0 Å². The molecule has 4 rings (SSSR count). The monoisotopic (exact) mass is 298 g/mol. The molecule has 0 aliphatic carbocycles. The van der Waals surface area contributed by atoms with E-state index in [2.05, 4.69) is 20.6 Å². The molecule has 0 unspecified atom stereocenters. The summed E-state index contributed by atoms with van der Waals surface area (Å²) >= 11 is 1.55. The van der Waals surface area contributed by atoms with Crippen molar-refractivity contribution in [3.63, 3.8) is 0 Å². The molecule has 0 bridgehead atoms. The number of aromatic nitrogens is 2. The zero-order chi connectivity index (χ0) is 14.2. The van der Waals surface area contributed by atoms with Crippen molar-refractivity contribution >= 4 is 33.3 Å². The van der Waals surface area contributed by atoms with Crippen LogP contribution in [0.2, 0.25) is 0 Å². The van der Waals surface area contributed by atoms with Crippen molar-refractivity contribution in [3.8, 4) is 0 Å². The first-order valence-corrected chi connectivity index (χ1v) is 7.69. The first-order chi connectivity index (χ1) is 10.3. The maximum absolute atomic E-state index is 12.5. The third-order valence-electron chi connectivity index (χ3n) is 3.66. The highest BCUT2D eigenvalue weighted by atomic mass is 32.1. The Morgan fingerprint density at radius 3 is 3.19 bits per heavy atom. The van der Waals surface area contributed by atoms with Gasteiger partial charge in [-0.25, -0.2) is 4.98 Å². The molecule has 0 saturated carbocycles. The first-order valence-electron chi connectivity index (χ1n) is 6.88. The summed E-state index contributed by atoms with van der Waals surface area (Å²) in [7, 11) is 0. The van der Waals surface area contributed by atoms with E-state index in [9.17, 15) is 4.79 Å². The minimum Gasteiger partial charge on any atom is -0.361 e. The minimum atomic E-state index is -0.112. The number of H-pyrrole nitrogens is 1. The van der Waals surface area contributed by atoms with E-state index in [-0.39, 0.29) is 5.91 Å². The van der Waals surface area contributed by atoms with Crippen LogP contribution in [0.4, 0.5) is 5.13 Å². The molecule has 21 heavy (non-hydrogen) atoms. The molecule has 1 aliphatic heterocycles. The number of hydrogen-bond donors (Lipinski definition) is 3. The summed E-state index contributed by atoms with van der Waals surface area (Å²) in [5, 5.41) is 7.85. The van der Waals surface area contributed by atoms with E-state index in [1.165, 1.54) is 4.88 Å². The molecule has 2 aromatic heterocycles. The Labute approximate surface area is 125 Å². The van der Waals surface area contributed by atoms with Gasteiger partial charge < -0.3 is 10.3 Å². The molecule has 3 heterocycles. The zero-order valence-corrected chi connectivity index (χ0v) is 12.1. The third-order valence-corrected chi connectivity index (χ3v) is 4.68. The normalized spacial score (nSPS) is 14.1. The highest BCUT2D eigenvalue weighted by Gasteiger charge is 2.17. The first kappa shape index (κ1) is 12.6. The lowest BCUT2D eigenvalue weighted by Crippen LogP contribution is -2.22. The van der Waals surface area contributed by atoms with Gasteiger partial charge >= 0.3 is 0 Å². The number of carbonyl (C=O) groups is 1. The van der Waals surface area contributed by atoms with E-state index in [0.29, 0.717) is 10.7 Å². The van der Waals surface area contributed by atoms with Crippen LogP contribution in [0.3, 0.4) is 0 Å². The number of benzene rings is 1. The molecule has 0 radical (unpaired) electrons. The fourth-order valence-corrected chi connectivity index (χ4v) is 3.60. The van der Waals surface area contributed by atoms with Crippen LogP contribution >= 0.6 is 11.3 Å². The van der Waals surface area contributed by atoms with Crippen LogP contribution in [0.25, 0.3) is 10.9 Å². The number of anilines is 1. The predicted molar refractivity (Wildman–Crippen MR) is 83.8 cm³/mol. The van der Waals surface area contributed by atoms with Gasteiger partial charge in [0, 0.05) is 47.1 Å². The van der Waals surface area contributed by atoms with Gasteiger partial charge in [-0.05, 0) is 18.2 Å². The van der Waals surface area contributed by atoms with Crippen molar-refractivity contribution in [2.75, 3.05) is 11.9 Å². The molecular formula is C15H14N4OS. The van der Waals surface area contributed by atoms with Crippen LogP contribution in [0, 0.1) is 0 Å². The molecule has 1 aliphatic rings. The van der Waals surface area contributed by atoms with Gasteiger partial charge in [0.2, 0.25) is 0 Å². The van der Waals surface area contributed by atoms with E-state index in [1.54, 1.807) is 11.3 Å². The lowest BCUT2D eigenvalue weighted by Gasteiger charge is -2.09. The van der Waals surface area contributed by atoms with Crippen LogP contribution in [-0.4, -0.2) is 22.4 Å². The van der Waals surface area contributed by atoms with Gasteiger partial charge in [-0.3, -0.25) is 10.1 Å². The van der Waals surface area contributed by atoms with Crippen LogP contribution in [0.1, 0.15) is 20.9 Å².